The van der Waals surface area contributed by atoms with Crippen molar-refractivity contribution in [2.24, 2.45) is 5.73 Å². The van der Waals surface area contributed by atoms with E-state index in [1.165, 1.54) is 0 Å². The second-order valence-corrected chi connectivity index (χ2v) is 6.78. The summed E-state index contributed by atoms with van der Waals surface area (Å²) in [5.74, 6) is 2.48. The molecular weight excluding hydrogens is 306 g/mol. The van der Waals surface area contributed by atoms with Crippen molar-refractivity contribution in [3.8, 4) is 0 Å². The zero-order valence-corrected chi connectivity index (χ0v) is 13.9. The summed E-state index contributed by atoms with van der Waals surface area (Å²) in [6.07, 6.45) is 4.13. The van der Waals surface area contributed by atoms with Gasteiger partial charge in [-0.3, -0.25) is 0 Å². The second-order valence-electron chi connectivity index (χ2n) is 6.78. The molecule has 0 aromatic carbocycles. The third-order valence-corrected chi connectivity index (χ3v) is 3.85. The Kier molecular flexibility index (Phi) is 4.58. The highest BCUT2D eigenvalue weighted by Crippen LogP contribution is 2.36. The van der Waals surface area contributed by atoms with Gasteiger partial charge in [0.05, 0.1) is 5.54 Å². The van der Waals surface area contributed by atoms with Crippen LogP contribution in [0.1, 0.15) is 63.5 Å². The molecule has 1 fully saturated rings. The van der Waals surface area contributed by atoms with E-state index in [9.17, 15) is 0 Å². The SMILES string of the molecule is CC(C)(C)c1noc(CCc2nc(C3(N)CCC3)no2)n1.Cl. The highest BCUT2D eigenvalue weighted by molar-refractivity contribution is 5.85. The van der Waals surface area contributed by atoms with E-state index >= 15 is 0 Å². The van der Waals surface area contributed by atoms with Gasteiger partial charge in [-0.15, -0.1) is 12.4 Å². The van der Waals surface area contributed by atoms with E-state index in [1.54, 1.807) is 0 Å². The molecule has 2 aromatic rings. The van der Waals surface area contributed by atoms with Crippen molar-refractivity contribution in [2.45, 2.75) is 63.8 Å². The Hall–Kier alpha value is -1.47. The molecule has 7 nitrogen and oxygen atoms in total. The minimum absolute atomic E-state index is 0. The lowest BCUT2D eigenvalue weighted by atomic mass is 9.77. The average Bonchev–Trinajstić information content (AvgIpc) is 3.02. The highest BCUT2D eigenvalue weighted by atomic mass is 35.5. The van der Waals surface area contributed by atoms with E-state index in [0.29, 0.717) is 36.3 Å². The molecule has 0 aliphatic heterocycles. The Bertz CT molecular complexity index is 627. The van der Waals surface area contributed by atoms with Gasteiger partial charge in [-0.25, -0.2) is 0 Å². The van der Waals surface area contributed by atoms with Crippen molar-refractivity contribution in [1.82, 2.24) is 20.3 Å². The van der Waals surface area contributed by atoms with Crippen LogP contribution in [0.2, 0.25) is 0 Å². The number of hydrogen-bond donors (Lipinski definition) is 1. The Morgan fingerprint density at radius 3 is 2.14 bits per heavy atom. The number of nitrogens with zero attached hydrogens (tertiary/aromatic N) is 4. The molecule has 2 N–H and O–H groups in total. The first-order valence-corrected chi connectivity index (χ1v) is 7.32. The van der Waals surface area contributed by atoms with E-state index < -0.39 is 0 Å². The van der Waals surface area contributed by atoms with E-state index in [1.807, 2.05) is 20.8 Å². The fraction of sp³-hybridized carbons (Fsp3) is 0.714. The summed E-state index contributed by atoms with van der Waals surface area (Å²) in [4.78, 5) is 8.77. The molecule has 2 aromatic heterocycles. The number of aromatic nitrogens is 4. The lowest BCUT2D eigenvalue weighted by molar-refractivity contribution is 0.229. The standard InChI is InChI=1S/C14H21N5O2.ClH/c1-13(2,3)11-16-9(20-18-11)5-6-10-17-12(19-21-10)14(15)7-4-8-14;/h4-8,15H2,1-3H3;1H. The largest absolute Gasteiger partial charge is 0.339 e. The van der Waals surface area contributed by atoms with E-state index in [2.05, 4.69) is 20.3 Å². The van der Waals surface area contributed by atoms with Gasteiger partial charge in [-0.1, -0.05) is 31.1 Å². The van der Waals surface area contributed by atoms with Crippen molar-refractivity contribution in [3.05, 3.63) is 23.4 Å². The van der Waals surface area contributed by atoms with Crippen LogP contribution in [-0.4, -0.2) is 20.3 Å². The number of aryl methyl sites for hydroxylation is 2. The maximum atomic E-state index is 6.17. The van der Waals surface area contributed by atoms with Gasteiger partial charge in [0, 0.05) is 18.3 Å². The van der Waals surface area contributed by atoms with Crippen LogP contribution < -0.4 is 5.73 Å². The van der Waals surface area contributed by atoms with Crippen molar-refractivity contribution in [2.75, 3.05) is 0 Å². The molecule has 0 radical (unpaired) electrons. The average molecular weight is 328 g/mol. The number of halogens is 1. The molecule has 0 atom stereocenters. The summed E-state index contributed by atoms with van der Waals surface area (Å²) in [7, 11) is 0. The van der Waals surface area contributed by atoms with Gasteiger partial charge in [0.1, 0.15) is 0 Å². The van der Waals surface area contributed by atoms with Gasteiger partial charge >= 0.3 is 0 Å². The quantitative estimate of drug-likeness (QED) is 0.918. The Morgan fingerprint density at radius 2 is 1.64 bits per heavy atom. The number of hydrogen-bond acceptors (Lipinski definition) is 7. The van der Waals surface area contributed by atoms with Gasteiger partial charge in [-0.05, 0) is 19.3 Å². The lowest BCUT2D eigenvalue weighted by Gasteiger charge is -2.34. The molecule has 8 heteroatoms. The van der Waals surface area contributed by atoms with Crippen molar-refractivity contribution in [3.63, 3.8) is 0 Å². The predicted octanol–water partition coefficient (Wildman–Crippen LogP) is 2.30. The third-order valence-electron chi connectivity index (χ3n) is 3.85. The van der Waals surface area contributed by atoms with Crippen LogP contribution in [0.25, 0.3) is 0 Å². The number of nitrogens with two attached hydrogens (primary N) is 1. The Morgan fingerprint density at radius 1 is 1.05 bits per heavy atom. The molecule has 0 amide bonds. The van der Waals surface area contributed by atoms with Gasteiger partial charge in [0.15, 0.2) is 11.6 Å². The highest BCUT2D eigenvalue weighted by Gasteiger charge is 2.38. The normalized spacial score (nSPS) is 16.9. The first kappa shape index (κ1) is 16.9. The lowest BCUT2D eigenvalue weighted by Crippen LogP contribution is -2.44. The molecule has 0 unspecified atom stereocenters. The molecule has 1 aliphatic carbocycles. The van der Waals surface area contributed by atoms with Crippen LogP contribution in [0.3, 0.4) is 0 Å². The minimum Gasteiger partial charge on any atom is -0.339 e. The van der Waals surface area contributed by atoms with E-state index in [4.69, 9.17) is 14.8 Å². The minimum atomic E-state index is -0.383. The molecule has 0 bridgehead atoms. The van der Waals surface area contributed by atoms with Gasteiger partial charge in [0.25, 0.3) is 0 Å². The first-order valence-electron chi connectivity index (χ1n) is 7.32. The molecule has 2 heterocycles. The van der Waals surface area contributed by atoms with Crippen molar-refractivity contribution >= 4 is 12.4 Å². The Labute approximate surface area is 135 Å². The molecular formula is C14H22ClN5O2. The fourth-order valence-corrected chi connectivity index (χ4v) is 2.21. The zero-order valence-electron chi connectivity index (χ0n) is 13.1. The summed E-state index contributed by atoms with van der Waals surface area (Å²) >= 11 is 0. The molecule has 0 saturated heterocycles. The molecule has 122 valence electrons. The van der Waals surface area contributed by atoms with Crippen LogP contribution in [0.4, 0.5) is 0 Å². The smallest absolute Gasteiger partial charge is 0.227 e. The fourth-order valence-electron chi connectivity index (χ4n) is 2.21. The number of rotatable bonds is 4. The monoisotopic (exact) mass is 327 g/mol. The second kappa shape index (κ2) is 5.96. The first-order chi connectivity index (χ1) is 9.87. The van der Waals surface area contributed by atoms with Gasteiger partial charge in [0.2, 0.25) is 11.8 Å². The molecule has 0 spiro atoms. The molecule has 1 aliphatic rings. The van der Waals surface area contributed by atoms with Crippen LogP contribution in [0.15, 0.2) is 9.05 Å². The van der Waals surface area contributed by atoms with E-state index in [0.717, 1.165) is 19.3 Å². The van der Waals surface area contributed by atoms with Crippen LogP contribution >= 0.6 is 12.4 Å². The van der Waals surface area contributed by atoms with Gasteiger partial charge in [-0.2, -0.15) is 9.97 Å². The molecule has 3 rings (SSSR count). The van der Waals surface area contributed by atoms with Crippen molar-refractivity contribution in [1.29, 1.82) is 0 Å². The third kappa shape index (κ3) is 3.30. The summed E-state index contributed by atoms with van der Waals surface area (Å²) in [5, 5.41) is 7.98. The molecule has 22 heavy (non-hydrogen) atoms. The van der Waals surface area contributed by atoms with Crippen LogP contribution in [0, 0.1) is 0 Å². The molecule has 1 saturated carbocycles. The Balaban J connectivity index is 0.00000176. The zero-order chi connectivity index (χ0) is 15.1. The summed E-state index contributed by atoms with van der Waals surface area (Å²) in [6.45, 7) is 6.14. The predicted molar refractivity (Wildman–Crippen MR) is 81.7 cm³/mol. The summed E-state index contributed by atoms with van der Waals surface area (Å²) in [5.41, 5.74) is 5.67. The maximum absolute atomic E-state index is 6.17. The summed E-state index contributed by atoms with van der Waals surface area (Å²) in [6, 6.07) is 0. The van der Waals surface area contributed by atoms with Gasteiger partial charge < -0.3 is 14.8 Å². The van der Waals surface area contributed by atoms with Crippen molar-refractivity contribution < 1.29 is 9.05 Å². The topological polar surface area (TPSA) is 104 Å². The maximum Gasteiger partial charge on any atom is 0.227 e. The summed E-state index contributed by atoms with van der Waals surface area (Å²) < 4.78 is 10.5. The van der Waals surface area contributed by atoms with Crippen LogP contribution in [0.5, 0.6) is 0 Å². The van der Waals surface area contributed by atoms with E-state index in [-0.39, 0.29) is 23.4 Å². The van der Waals surface area contributed by atoms with Crippen LogP contribution in [-0.2, 0) is 23.8 Å².